The number of fused-ring (bicyclic) bond motifs is 6. The maximum atomic E-state index is 15.9. The number of benzene rings is 10. The molecule has 0 aliphatic heterocycles. The molecular weight excluding hydrogens is 723 g/mol. The van der Waals surface area contributed by atoms with Crippen molar-refractivity contribution in [3.63, 3.8) is 0 Å². The van der Waals surface area contributed by atoms with Crippen molar-refractivity contribution >= 4 is 110 Å². The van der Waals surface area contributed by atoms with Crippen LogP contribution in [0.1, 0.15) is 0 Å². The summed E-state index contributed by atoms with van der Waals surface area (Å²) in [5, 5.41) is 7.64. The van der Waals surface area contributed by atoms with Gasteiger partial charge in [-0.05, 0) is 54.6 Å². The van der Waals surface area contributed by atoms with Crippen molar-refractivity contribution < 1.29 is 17.6 Å². The van der Waals surface area contributed by atoms with Crippen molar-refractivity contribution in [2.45, 2.75) is 0 Å². The molecule has 2 heterocycles. The van der Waals surface area contributed by atoms with Crippen molar-refractivity contribution in [2.75, 3.05) is 9.80 Å². The van der Waals surface area contributed by atoms with Gasteiger partial charge in [0.1, 0.15) is 22.8 Å². The zero-order valence-corrected chi connectivity index (χ0v) is 30.8. The van der Waals surface area contributed by atoms with E-state index in [9.17, 15) is 0 Å². The molecule has 0 aliphatic carbocycles. The molecule has 0 atom stereocenters. The predicted molar refractivity (Wildman–Crippen MR) is 234 cm³/mol. The number of furan rings is 2. The van der Waals surface area contributed by atoms with Crippen LogP contribution in [0.5, 0.6) is 0 Å². The van der Waals surface area contributed by atoms with E-state index < -0.39 is 11.6 Å². The molecule has 2 aromatic heterocycles. The molecule has 6 heteroatoms. The van der Waals surface area contributed by atoms with Gasteiger partial charge in [0.05, 0.1) is 22.7 Å². The summed E-state index contributed by atoms with van der Waals surface area (Å²) in [5.41, 5.74) is 8.06. The summed E-state index contributed by atoms with van der Waals surface area (Å²) in [6, 6.07) is 59.5. The Morgan fingerprint density at radius 3 is 1.19 bits per heavy atom. The van der Waals surface area contributed by atoms with Crippen molar-refractivity contribution in [1.29, 1.82) is 0 Å². The number of para-hydroxylation sites is 6. The van der Waals surface area contributed by atoms with Gasteiger partial charge in [0.25, 0.3) is 0 Å². The van der Waals surface area contributed by atoms with Crippen LogP contribution in [0.4, 0.5) is 42.9 Å². The van der Waals surface area contributed by atoms with Crippen molar-refractivity contribution in [3.8, 4) is 0 Å². The summed E-state index contributed by atoms with van der Waals surface area (Å²) in [5.74, 6) is -1.21. The second-order valence-corrected chi connectivity index (χ2v) is 14.7. The first-order valence-electron chi connectivity index (χ1n) is 19.2. The largest absolute Gasteiger partial charge is 0.454 e. The Bertz CT molecular complexity index is 3330. The zero-order chi connectivity index (χ0) is 38.5. The quantitative estimate of drug-likeness (QED) is 0.158. The second-order valence-electron chi connectivity index (χ2n) is 14.7. The van der Waals surface area contributed by atoms with Gasteiger partial charge in [-0.25, -0.2) is 8.78 Å². The normalized spacial score (nSPS) is 12.0. The van der Waals surface area contributed by atoms with Gasteiger partial charge in [-0.15, -0.1) is 0 Å². The van der Waals surface area contributed by atoms with Crippen LogP contribution in [-0.2, 0) is 0 Å². The highest BCUT2D eigenvalue weighted by Gasteiger charge is 2.28. The highest BCUT2D eigenvalue weighted by molar-refractivity contribution is 6.29. The topological polar surface area (TPSA) is 32.8 Å². The summed E-state index contributed by atoms with van der Waals surface area (Å²) in [6.07, 6.45) is 0. The number of halogens is 2. The fraction of sp³-hybridized carbons (Fsp3) is 0. The number of rotatable bonds is 6. The van der Waals surface area contributed by atoms with Crippen LogP contribution in [0.15, 0.2) is 191 Å². The lowest BCUT2D eigenvalue weighted by molar-refractivity contribution is 0.599. The molecule has 0 radical (unpaired) electrons. The number of hydrogen-bond acceptors (Lipinski definition) is 4. The smallest absolute Gasteiger partial charge is 0.159 e. The van der Waals surface area contributed by atoms with Gasteiger partial charge in [-0.2, -0.15) is 0 Å². The number of anilines is 6. The maximum Gasteiger partial charge on any atom is 0.159 e. The van der Waals surface area contributed by atoms with Crippen LogP contribution in [0.25, 0.3) is 76.2 Å². The van der Waals surface area contributed by atoms with E-state index in [1.165, 1.54) is 0 Å². The van der Waals surface area contributed by atoms with Crippen LogP contribution in [0.2, 0.25) is 0 Å². The molecule has 4 nitrogen and oxygen atoms in total. The zero-order valence-electron chi connectivity index (χ0n) is 30.8. The van der Waals surface area contributed by atoms with Gasteiger partial charge >= 0.3 is 0 Å². The molecular formula is C52H30F2N2O2. The molecule has 0 spiro atoms. The SMILES string of the molecule is Fc1cc(F)c2ccc3c(N(c4ccccc4)c4cccc5c4oc4ccccc45)cc(N(c4ccccc4)c4cccc5c4oc4ccccc45)c4ccc1c2c43. The summed E-state index contributed by atoms with van der Waals surface area (Å²) >= 11 is 0. The number of hydrogen-bond donors (Lipinski definition) is 0. The Kier molecular flexibility index (Phi) is 6.96. The summed E-state index contributed by atoms with van der Waals surface area (Å²) in [7, 11) is 0. The van der Waals surface area contributed by atoms with E-state index in [0.29, 0.717) is 16.2 Å². The minimum absolute atomic E-state index is 0.355. The van der Waals surface area contributed by atoms with Gasteiger partial charge in [0, 0.05) is 71.3 Å². The van der Waals surface area contributed by atoms with E-state index in [-0.39, 0.29) is 0 Å². The highest BCUT2D eigenvalue weighted by atomic mass is 19.1. The van der Waals surface area contributed by atoms with E-state index in [0.717, 1.165) is 100 Å². The molecule has 274 valence electrons. The Hall–Kier alpha value is -7.70. The van der Waals surface area contributed by atoms with Crippen molar-refractivity contribution in [3.05, 3.63) is 194 Å². The number of nitrogens with zero attached hydrogens (tertiary/aromatic N) is 2. The summed E-state index contributed by atoms with van der Waals surface area (Å²) < 4.78 is 45.2. The van der Waals surface area contributed by atoms with Gasteiger partial charge in [-0.3, -0.25) is 0 Å². The molecule has 12 aromatic rings. The van der Waals surface area contributed by atoms with E-state index >= 15 is 8.78 Å². The third kappa shape index (κ3) is 4.66. The molecule has 0 amide bonds. The van der Waals surface area contributed by atoms with Crippen molar-refractivity contribution in [1.82, 2.24) is 0 Å². The standard InChI is InChI=1S/C52H30F2N2O2/c53-41-29-42(54)38-26-28-40-46(56(32-15-5-2-6-16-32)44-22-12-20-36-34-18-8-10-24-48(34)58-52(36)44)30-45(39-27-25-37(41)49(38)50(39)40)55(31-13-3-1-4-14-31)43-21-11-19-35-33-17-7-9-23-47(33)57-51(35)43/h1-30H. The molecule has 0 saturated heterocycles. The van der Waals surface area contributed by atoms with Crippen LogP contribution >= 0.6 is 0 Å². The molecule has 0 bridgehead atoms. The third-order valence-electron chi connectivity index (χ3n) is 11.5. The molecule has 0 saturated carbocycles. The summed E-state index contributed by atoms with van der Waals surface area (Å²) in [6.45, 7) is 0. The Balaban J connectivity index is 1.26. The van der Waals surface area contributed by atoms with E-state index in [1.807, 2.05) is 84.9 Å². The van der Waals surface area contributed by atoms with Crippen molar-refractivity contribution in [2.24, 2.45) is 0 Å². The average molecular weight is 753 g/mol. The summed E-state index contributed by atoms with van der Waals surface area (Å²) in [4.78, 5) is 4.41. The Morgan fingerprint density at radius 2 is 0.707 bits per heavy atom. The van der Waals surface area contributed by atoms with Gasteiger partial charge < -0.3 is 18.6 Å². The third-order valence-corrected chi connectivity index (χ3v) is 11.5. The first kappa shape index (κ1) is 32.5. The monoisotopic (exact) mass is 752 g/mol. The minimum Gasteiger partial charge on any atom is -0.454 e. The van der Waals surface area contributed by atoms with Crippen LogP contribution in [0, 0.1) is 11.6 Å². The van der Waals surface area contributed by atoms with E-state index in [1.54, 1.807) is 12.1 Å². The fourth-order valence-corrected chi connectivity index (χ4v) is 9.03. The van der Waals surface area contributed by atoms with Gasteiger partial charge in [0.2, 0.25) is 0 Å². The molecule has 12 rings (SSSR count). The Labute approximate surface area is 330 Å². The van der Waals surface area contributed by atoms with E-state index in [4.69, 9.17) is 8.83 Å². The molecule has 0 aliphatic rings. The fourth-order valence-electron chi connectivity index (χ4n) is 9.03. The second kappa shape index (κ2) is 12.4. The van der Waals surface area contributed by atoms with E-state index in [2.05, 4.69) is 88.7 Å². The average Bonchev–Trinajstić information content (AvgIpc) is 3.85. The molecule has 58 heavy (non-hydrogen) atoms. The lowest BCUT2D eigenvalue weighted by Crippen LogP contribution is -2.15. The van der Waals surface area contributed by atoms with Crippen LogP contribution in [0.3, 0.4) is 0 Å². The lowest BCUT2D eigenvalue weighted by Gasteiger charge is -2.32. The molecule has 0 N–H and O–H groups in total. The molecule has 10 aromatic carbocycles. The van der Waals surface area contributed by atoms with Crippen LogP contribution in [-0.4, -0.2) is 0 Å². The minimum atomic E-state index is -0.606. The first-order valence-corrected chi connectivity index (χ1v) is 19.2. The highest BCUT2D eigenvalue weighted by Crippen LogP contribution is 2.53. The predicted octanol–water partition coefficient (Wildman–Crippen LogP) is 15.6. The lowest BCUT2D eigenvalue weighted by atomic mass is 9.91. The maximum absolute atomic E-state index is 15.9. The first-order chi connectivity index (χ1) is 28.6. The Morgan fingerprint density at radius 1 is 0.310 bits per heavy atom. The molecule has 0 fully saturated rings. The van der Waals surface area contributed by atoms with Gasteiger partial charge in [0.15, 0.2) is 11.2 Å². The van der Waals surface area contributed by atoms with Gasteiger partial charge in [-0.1, -0.05) is 121 Å². The molecule has 0 unspecified atom stereocenters. The van der Waals surface area contributed by atoms with Crippen LogP contribution < -0.4 is 9.80 Å².